The number of nitrogens with two attached hydrogens (primary N) is 1. The Morgan fingerprint density at radius 2 is 2.12 bits per heavy atom. The molecule has 0 heterocycles. The SMILES string of the molecule is C[C@H](N)CC1CC1.Cl. The molecule has 1 aliphatic rings. The highest BCUT2D eigenvalue weighted by molar-refractivity contribution is 5.85. The molecule has 1 rings (SSSR count). The molecule has 0 unspecified atom stereocenters. The molecule has 0 amide bonds. The molecular weight excluding hydrogens is 122 g/mol. The highest BCUT2D eigenvalue weighted by Crippen LogP contribution is 2.32. The van der Waals surface area contributed by atoms with Crippen LogP contribution in [-0.2, 0) is 0 Å². The first-order valence-electron chi connectivity index (χ1n) is 3.04. The molecule has 1 saturated carbocycles. The van der Waals surface area contributed by atoms with E-state index in [1.807, 2.05) is 0 Å². The second-order valence-corrected chi connectivity index (χ2v) is 2.66. The Morgan fingerprint density at radius 1 is 1.62 bits per heavy atom. The summed E-state index contributed by atoms with van der Waals surface area (Å²) in [6, 6.07) is 0.437. The van der Waals surface area contributed by atoms with E-state index in [-0.39, 0.29) is 12.4 Å². The lowest BCUT2D eigenvalue weighted by atomic mass is 10.2. The summed E-state index contributed by atoms with van der Waals surface area (Å²) >= 11 is 0. The fourth-order valence-electron chi connectivity index (χ4n) is 0.879. The number of rotatable bonds is 2. The molecule has 0 aromatic rings. The lowest BCUT2D eigenvalue weighted by molar-refractivity contribution is 0.610. The molecule has 0 aliphatic heterocycles. The van der Waals surface area contributed by atoms with Crippen LogP contribution in [0.2, 0.25) is 0 Å². The minimum Gasteiger partial charge on any atom is -0.328 e. The molecule has 1 atom stereocenters. The van der Waals surface area contributed by atoms with E-state index in [1.54, 1.807) is 0 Å². The Morgan fingerprint density at radius 3 is 2.25 bits per heavy atom. The number of halogens is 1. The van der Waals surface area contributed by atoms with Crippen LogP contribution in [0.1, 0.15) is 26.2 Å². The van der Waals surface area contributed by atoms with E-state index in [0.29, 0.717) is 6.04 Å². The zero-order valence-corrected chi connectivity index (χ0v) is 6.08. The van der Waals surface area contributed by atoms with Gasteiger partial charge in [-0.1, -0.05) is 12.8 Å². The summed E-state index contributed by atoms with van der Waals surface area (Å²) in [7, 11) is 0. The average Bonchev–Trinajstić information content (AvgIpc) is 2.17. The van der Waals surface area contributed by atoms with Crippen molar-refractivity contribution >= 4 is 12.4 Å². The van der Waals surface area contributed by atoms with Gasteiger partial charge >= 0.3 is 0 Å². The molecule has 0 aromatic carbocycles. The van der Waals surface area contributed by atoms with Crippen LogP contribution >= 0.6 is 12.4 Å². The molecule has 0 radical (unpaired) electrons. The van der Waals surface area contributed by atoms with Gasteiger partial charge in [0, 0.05) is 6.04 Å². The number of hydrogen-bond acceptors (Lipinski definition) is 1. The van der Waals surface area contributed by atoms with Crippen molar-refractivity contribution < 1.29 is 0 Å². The summed E-state index contributed by atoms with van der Waals surface area (Å²) in [4.78, 5) is 0. The fourth-order valence-corrected chi connectivity index (χ4v) is 0.879. The lowest BCUT2D eigenvalue weighted by Gasteiger charge is -1.98. The molecule has 1 fully saturated rings. The molecule has 0 bridgehead atoms. The van der Waals surface area contributed by atoms with Crippen molar-refractivity contribution in [2.24, 2.45) is 11.7 Å². The maximum absolute atomic E-state index is 5.53. The normalized spacial score (nSPS) is 21.8. The third-order valence-electron chi connectivity index (χ3n) is 1.40. The van der Waals surface area contributed by atoms with Crippen LogP contribution in [0.15, 0.2) is 0 Å². The van der Waals surface area contributed by atoms with Crippen LogP contribution in [0.5, 0.6) is 0 Å². The maximum Gasteiger partial charge on any atom is 0.00131 e. The Labute approximate surface area is 57.1 Å². The third kappa shape index (κ3) is 3.28. The summed E-state index contributed by atoms with van der Waals surface area (Å²) in [5, 5.41) is 0. The van der Waals surface area contributed by atoms with Crippen molar-refractivity contribution in [2.45, 2.75) is 32.2 Å². The minimum absolute atomic E-state index is 0. The van der Waals surface area contributed by atoms with Gasteiger partial charge in [-0.15, -0.1) is 12.4 Å². The topological polar surface area (TPSA) is 26.0 Å². The van der Waals surface area contributed by atoms with E-state index in [0.717, 1.165) is 5.92 Å². The molecule has 2 heteroatoms. The predicted octanol–water partition coefficient (Wildman–Crippen LogP) is 1.56. The van der Waals surface area contributed by atoms with Gasteiger partial charge in [0.15, 0.2) is 0 Å². The van der Waals surface area contributed by atoms with Gasteiger partial charge in [0.05, 0.1) is 0 Å². The quantitative estimate of drug-likeness (QED) is 0.611. The molecular formula is C6H14ClN. The molecule has 8 heavy (non-hydrogen) atoms. The van der Waals surface area contributed by atoms with Gasteiger partial charge < -0.3 is 5.73 Å². The smallest absolute Gasteiger partial charge is 0.00131 e. The van der Waals surface area contributed by atoms with Crippen molar-refractivity contribution in [1.82, 2.24) is 0 Å². The summed E-state index contributed by atoms with van der Waals surface area (Å²) in [6.45, 7) is 2.08. The minimum atomic E-state index is 0. The van der Waals surface area contributed by atoms with E-state index >= 15 is 0 Å². The van der Waals surface area contributed by atoms with E-state index in [9.17, 15) is 0 Å². The Kier molecular flexibility index (Phi) is 3.41. The van der Waals surface area contributed by atoms with Crippen LogP contribution in [0, 0.1) is 5.92 Å². The van der Waals surface area contributed by atoms with Gasteiger partial charge in [0.1, 0.15) is 0 Å². The molecule has 2 N–H and O–H groups in total. The summed E-state index contributed by atoms with van der Waals surface area (Å²) in [5.41, 5.74) is 5.53. The molecule has 0 saturated heterocycles. The fraction of sp³-hybridized carbons (Fsp3) is 1.00. The zero-order valence-electron chi connectivity index (χ0n) is 5.26. The predicted molar refractivity (Wildman–Crippen MR) is 38.2 cm³/mol. The highest BCUT2D eigenvalue weighted by Gasteiger charge is 2.21. The Hall–Kier alpha value is 0.250. The molecule has 0 spiro atoms. The van der Waals surface area contributed by atoms with E-state index in [1.165, 1.54) is 19.3 Å². The maximum atomic E-state index is 5.53. The second kappa shape index (κ2) is 3.31. The summed E-state index contributed by atoms with van der Waals surface area (Å²) in [5.74, 6) is 1.000. The first kappa shape index (κ1) is 8.25. The van der Waals surface area contributed by atoms with Gasteiger partial charge in [-0.3, -0.25) is 0 Å². The van der Waals surface area contributed by atoms with Crippen molar-refractivity contribution in [1.29, 1.82) is 0 Å². The Bertz CT molecular complexity index is 59.5. The van der Waals surface area contributed by atoms with E-state index in [2.05, 4.69) is 6.92 Å². The first-order valence-corrected chi connectivity index (χ1v) is 3.04. The largest absolute Gasteiger partial charge is 0.328 e. The van der Waals surface area contributed by atoms with E-state index in [4.69, 9.17) is 5.73 Å². The Balaban J connectivity index is 0.000000490. The molecule has 0 aromatic heterocycles. The van der Waals surface area contributed by atoms with Gasteiger partial charge in [-0.05, 0) is 19.3 Å². The van der Waals surface area contributed by atoms with E-state index < -0.39 is 0 Å². The lowest BCUT2D eigenvalue weighted by Crippen LogP contribution is -2.14. The molecule has 50 valence electrons. The van der Waals surface area contributed by atoms with Crippen LogP contribution in [0.4, 0.5) is 0 Å². The van der Waals surface area contributed by atoms with Gasteiger partial charge in [0.25, 0.3) is 0 Å². The zero-order chi connectivity index (χ0) is 5.28. The summed E-state index contributed by atoms with van der Waals surface area (Å²) < 4.78 is 0. The molecule has 1 nitrogen and oxygen atoms in total. The van der Waals surface area contributed by atoms with Gasteiger partial charge in [-0.25, -0.2) is 0 Å². The van der Waals surface area contributed by atoms with Gasteiger partial charge in [-0.2, -0.15) is 0 Å². The van der Waals surface area contributed by atoms with Crippen molar-refractivity contribution in [3.8, 4) is 0 Å². The van der Waals surface area contributed by atoms with Crippen molar-refractivity contribution in [3.63, 3.8) is 0 Å². The van der Waals surface area contributed by atoms with Crippen molar-refractivity contribution in [3.05, 3.63) is 0 Å². The first-order chi connectivity index (χ1) is 3.29. The monoisotopic (exact) mass is 135 g/mol. The average molecular weight is 136 g/mol. The molecule has 1 aliphatic carbocycles. The van der Waals surface area contributed by atoms with Crippen LogP contribution in [0.3, 0.4) is 0 Å². The second-order valence-electron chi connectivity index (χ2n) is 2.66. The summed E-state index contributed by atoms with van der Waals surface area (Å²) in [6.07, 6.45) is 4.11. The standard InChI is InChI=1S/C6H13N.ClH/c1-5(7)4-6-2-3-6;/h5-6H,2-4,7H2,1H3;1H/t5-;/m0./s1. The van der Waals surface area contributed by atoms with Crippen molar-refractivity contribution in [2.75, 3.05) is 0 Å². The van der Waals surface area contributed by atoms with Crippen LogP contribution in [0.25, 0.3) is 0 Å². The van der Waals surface area contributed by atoms with Gasteiger partial charge in [0.2, 0.25) is 0 Å². The van der Waals surface area contributed by atoms with Crippen LogP contribution < -0.4 is 5.73 Å². The third-order valence-corrected chi connectivity index (χ3v) is 1.40. The number of hydrogen-bond donors (Lipinski definition) is 1. The highest BCUT2D eigenvalue weighted by atomic mass is 35.5. The van der Waals surface area contributed by atoms with Crippen LogP contribution in [-0.4, -0.2) is 6.04 Å².